The molecular formula is C14H11NaO7S. The van der Waals surface area contributed by atoms with Crippen molar-refractivity contribution >= 4 is 15.9 Å². The number of hydrogen-bond donors (Lipinski definition) is 3. The minimum absolute atomic E-state index is 0. The smallest absolute Gasteiger partial charge is 0.872 e. The van der Waals surface area contributed by atoms with Gasteiger partial charge in [0.05, 0.1) is 5.56 Å². The van der Waals surface area contributed by atoms with Crippen LogP contribution in [-0.2, 0) is 16.5 Å². The molecule has 0 aliphatic rings. The number of benzene rings is 2. The molecule has 0 aliphatic heterocycles. The molecule has 3 N–H and O–H groups in total. The molecule has 0 bridgehead atoms. The number of carbonyl (C=O) groups is 1. The molecule has 0 aliphatic carbocycles. The largest absolute Gasteiger partial charge is 1.00 e. The first-order valence-electron chi connectivity index (χ1n) is 6.01. The first-order valence-corrected chi connectivity index (χ1v) is 7.45. The van der Waals surface area contributed by atoms with Gasteiger partial charge in [-0.15, -0.1) is 5.75 Å². The quantitative estimate of drug-likeness (QED) is 0.326. The zero-order valence-corrected chi connectivity index (χ0v) is 14.9. The van der Waals surface area contributed by atoms with E-state index in [1.807, 2.05) is 0 Å². The van der Waals surface area contributed by atoms with Crippen LogP contribution in [-0.4, -0.2) is 29.0 Å². The van der Waals surface area contributed by atoms with Gasteiger partial charge in [0.2, 0.25) is 0 Å². The van der Waals surface area contributed by atoms with Gasteiger partial charge in [-0.05, 0) is 29.8 Å². The van der Waals surface area contributed by atoms with Crippen molar-refractivity contribution < 1.29 is 62.6 Å². The molecule has 0 aromatic heterocycles. The van der Waals surface area contributed by atoms with Gasteiger partial charge in [0.1, 0.15) is 16.4 Å². The normalized spacial score (nSPS) is 10.8. The van der Waals surface area contributed by atoms with Crippen molar-refractivity contribution in [2.45, 2.75) is 11.3 Å². The van der Waals surface area contributed by atoms with Crippen molar-refractivity contribution in [3.63, 3.8) is 0 Å². The van der Waals surface area contributed by atoms with E-state index in [0.717, 1.165) is 24.3 Å². The van der Waals surface area contributed by atoms with Crippen LogP contribution in [0.1, 0.15) is 15.9 Å². The number of rotatable bonds is 4. The Bertz CT molecular complexity index is 846. The van der Waals surface area contributed by atoms with Crippen LogP contribution in [0.5, 0.6) is 17.2 Å². The van der Waals surface area contributed by atoms with Gasteiger partial charge in [0.15, 0.2) is 5.78 Å². The fraction of sp³-hybridized carbons (Fsp3) is 0.0714. The third-order valence-corrected chi connectivity index (χ3v) is 3.82. The van der Waals surface area contributed by atoms with E-state index in [1.54, 1.807) is 0 Å². The standard InChI is InChI=1S/C14H12O7S.Na/c15-9-2-3-10(13(18)7-9)12(17)5-8-1-4-11(16)14(6-8)22(19,20)21;/h1-4,6-7,15-16,18H,5H2,(H,19,20,21);/q;+1/p-1. The van der Waals surface area contributed by atoms with Crippen molar-refractivity contribution in [2.75, 3.05) is 0 Å². The van der Waals surface area contributed by atoms with Crippen LogP contribution in [0.25, 0.3) is 0 Å². The SMILES string of the molecule is O=C(Cc1ccc(O)c(S(=O)(=O)O)c1)c1ccc([O-])cc1O.[Na+]. The monoisotopic (exact) mass is 346 g/mol. The molecule has 0 saturated heterocycles. The Kier molecular flexibility index (Phi) is 6.20. The fourth-order valence-electron chi connectivity index (χ4n) is 1.90. The second-order valence-corrected chi connectivity index (χ2v) is 5.95. The van der Waals surface area contributed by atoms with E-state index in [9.17, 15) is 28.5 Å². The van der Waals surface area contributed by atoms with Crippen molar-refractivity contribution in [3.05, 3.63) is 47.5 Å². The summed E-state index contributed by atoms with van der Waals surface area (Å²) in [6.07, 6.45) is -0.283. The summed E-state index contributed by atoms with van der Waals surface area (Å²) in [4.78, 5) is 11.3. The molecule has 2 aromatic carbocycles. The molecular weight excluding hydrogens is 335 g/mol. The first kappa shape index (κ1) is 19.5. The molecule has 0 radical (unpaired) electrons. The summed E-state index contributed by atoms with van der Waals surface area (Å²) < 4.78 is 31.2. The fourth-order valence-corrected chi connectivity index (χ4v) is 2.54. The van der Waals surface area contributed by atoms with E-state index in [2.05, 4.69) is 0 Å². The Labute approximate surface area is 154 Å². The van der Waals surface area contributed by atoms with Gasteiger partial charge in [-0.25, -0.2) is 0 Å². The van der Waals surface area contributed by atoms with E-state index < -0.39 is 38.0 Å². The number of phenolic OH excluding ortho intramolecular Hbond substituents is 2. The first-order chi connectivity index (χ1) is 10.2. The van der Waals surface area contributed by atoms with Crippen LogP contribution >= 0.6 is 0 Å². The number of Topliss-reactive ketones (excluding diaryl/α,β-unsaturated/α-hetero) is 1. The summed E-state index contributed by atoms with van der Waals surface area (Å²) in [5, 5.41) is 30.0. The van der Waals surface area contributed by atoms with Crippen LogP contribution in [0.2, 0.25) is 0 Å². The Morgan fingerprint density at radius 1 is 1.04 bits per heavy atom. The molecule has 0 unspecified atom stereocenters. The van der Waals surface area contributed by atoms with E-state index in [1.165, 1.54) is 12.1 Å². The summed E-state index contributed by atoms with van der Waals surface area (Å²) in [6.45, 7) is 0. The van der Waals surface area contributed by atoms with Gasteiger partial charge in [0, 0.05) is 6.42 Å². The molecule has 0 heterocycles. The average Bonchev–Trinajstić information content (AvgIpc) is 2.39. The van der Waals surface area contributed by atoms with E-state index in [4.69, 9.17) is 4.55 Å². The second-order valence-electron chi connectivity index (χ2n) is 4.56. The Hall–Kier alpha value is -1.58. The third kappa shape index (κ3) is 4.69. The number of hydrogen-bond acceptors (Lipinski definition) is 6. The minimum atomic E-state index is -4.62. The topological polar surface area (TPSA) is 135 Å². The summed E-state index contributed by atoms with van der Waals surface area (Å²) in [5.41, 5.74) is 0.127. The van der Waals surface area contributed by atoms with E-state index in [-0.39, 0.29) is 47.1 Å². The maximum Gasteiger partial charge on any atom is 1.00 e. The zero-order chi connectivity index (χ0) is 16.5. The number of aromatic hydroxyl groups is 2. The molecule has 7 nitrogen and oxygen atoms in total. The van der Waals surface area contributed by atoms with Crippen LogP contribution in [0.15, 0.2) is 41.3 Å². The molecule has 116 valence electrons. The molecule has 0 atom stereocenters. The molecule has 0 spiro atoms. The van der Waals surface area contributed by atoms with Crippen molar-refractivity contribution in [2.24, 2.45) is 0 Å². The number of ketones is 1. The second kappa shape index (κ2) is 7.33. The Balaban J connectivity index is 0.00000264. The summed E-state index contributed by atoms with van der Waals surface area (Å²) >= 11 is 0. The van der Waals surface area contributed by atoms with Gasteiger partial charge < -0.3 is 15.3 Å². The predicted molar refractivity (Wildman–Crippen MR) is 73.5 cm³/mol. The molecule has 0 amide bonds. The minimum Gasteiger partial charge on any atom is -0.872 e. The van der Waals surface area contributed by atoms with Crippen LogP contribution < -0.4 is 34.7 Å². The van der Waals surface area contributed by atoms with Gasteiger partial charge in [-0.1, -0.05) is 12.1 Å². The molecule has 23 heavy (non-hydrogen) atoms. The Morgan fingerprint density at radius 3 is 2.26 bits per heavy atom. The van der Waals surface area contributed by atoms with Gasteiger partial charge in [-0.3, -0.25) is 9.35 Å². The molecule has 0 saturated carbocycles. The van der Waals surface area contributed by atoms with Gasteiger partial charge in [-0.2, -0.15) is 8.42 Å². The predicted octanol–water partition coefficient (Wildman–Crippen LogP) is -2.15. The average molecular weight is 346 g/mol. The Morgan fingerprint density at radius 2 is 1.70 bits per heavy atom. The van der Waals surface area contributed by atoms with Crippen molar-refractivity contribution in [1.29, 1.82) is 0 Å². The number of phenols is 2. The molecule has 2 aromatic rings. The van der Waals surface area contributed by atoms with E-state index in [0.29, 0.717) is 0 Å². The molecule has 2 rings (SSSR count). The molecule has 0 fully saturated rings. The third-order valence-electron chi connectivity index (χ3n) is 2.94. The van der Waals surface area contributed by atoms with Gasteiger partial charge in [0.25, 0.3) is 10.1 Å². The van der Waals surface area contributed by atoms with Crippen LogP contribution in [0.3, 0.4) is 0 Å². The summed E-state index contributed by atoms with van der Waals surface area (Å²) in [5.74, 6) is -2.11. The van der Waals surface area contributed by atoms with E-state index >= 15 is 0 Å². The van der Waals surface area contributed by atoms with Crippen LogP contribution in [0, 0.1) is 0 Å². The van der Waals surface area contributed by atoms with Crippen molar-refractivity contribution in [1.82, 2.24) is 0 Å². The summed E-state index contributed by atoms with van der Waals surface area (Å²) in [7, 11) is -4.62. The molecule has 9 heteroatoms. The number of carbonyl (C=O) groups excluding carboxylic acids is 1. The van der Waals surface area contributed by atoms with Crippen molar-refractivity contribution in [3.8, 4) is 17.2 Å². The maximum absolute atomic E-state index is 12.1. The maximum atomic E-state index is 12.1. The summed E-state index contributed by atoms with van der Waals surface area (Å²) in [6, 6.07) is 6.49. The van der Waals surface area contributed by atoms with Gasteiger partial charge >= 0.3 is 29.6 Å². The zero-order valence-electron chi connectivity index (χ0n) is 12.1. The van der Waals surface area contributed by atoms with Crippen LogP contribution in [0.4, 0.5) is 0 Å².